The number of carbonyl (C=O) groups is 1. The zero-order valence-corrected chi connectivity index (χ0v) is 9.81. The third kappa shape index (κ3) is 1.82. The maximum Gasteiger partial charge on any atom is 0.257 e. The van der Waals surface area contributed by atoms with Gasteiger partial charge in [0.1, 0.15) is 0 Å². The van der Waals surface area contributed by atoms with Crippen molar-refractivity contribution in [2.75, 3.05) is 19.6 Å². The van der Waals surface area contributed by atoms with Gasteiger partial charge in [-0.2, -0.15) is 5.10 Å². The second-order valence-corrected chi connectivity index (χ2v) is 4.41. The molecule has 1 unspecified atom stereocenters. The molecule has 1 atom stereocenters. The number of hydrogen-bond acceptors (Lipinski definition) is 3. The minimum atomic E-state index is 0.0848. The molecule has 5 nitrogen and oxygen atoms in total. The van der Waals surface area contributed by atoms with E-state index in [1.165, 1.54) is 0 Å². The molecule has 1 aromatic rings. The Morgan fingerprint density at radius 1 is 1.69 bits per heavy atom. The number of likely N-dealkylation sites (tertiary alicyclic amines) is 1. The summed E-state index contributed by atoms with van der Waals surface area (Å²) in [6.07, 6.45) is 2.66. The molecule has 5 heteroatoms. The maximum absolute atomic E-state index is 12.2. The largest absolute Gasteiger partial charge is 0.338 e. The Kier molecular flexibility index (Phi) is 2.96. The van der Waals surface area contributed by atoms with Crippen LogP contribution in [-0.4, -0.2) is 40.2 Å². The fourth-order valence-corrected chi connectivity index (χ4v) is 2.09. The molecule has 88 valence electrons. The van der Waals surface area contributed by atoms with E-state index in [2.05, 4.69) is 5.10 Å². The lowest BCUT2D eigenvalue weighted by molar-refractivity contribution is 0.0787. The van der Waals surface area contributed by atoms with Gasteiger partial charge in [-0.25, -0.2) is 0 Å². The summed E-state index contributed by atoms with van der Waals surface area (Å²) in [5.41, 5.74) is 7.24. The van der Waals surface area contributed by atoms with E-state index in [0.717, 1.165) is 25.2 Å². The van der Waals surface area contributed by atoms with Crippen molar-refractivity contribution in [3.63, 3.8) is 0 Å². The van der Waals surface area contributed by atoms with E-state index in [9.17, 15) is 4.79 Å². The molecule has 0 radical (unpaired) electrons. The normalized spacial score (nSPS) is 20.4. The van der Waals surface area contributed by atoms with Crippen LogP contribution >= 0.6 is 0 Å². The molecule has 0 aliphatic carbocycles. The molecule has 1 aliphatic heterocycles. The van der Waals surface area contributed by atoms with Gasteiger partial charge in [-0.1, -0.05) is 0 Å². The van der Waals surface area contributed by atoms with Crippen LogP contribution in [0.4, 0.5) is 0 Å². The first-order chi connectivity index (χ1) is 7.63. The fourth-order valence-electron chi connectivity index (χ4n) is 2.09. The van der Waals surface area contributed by atoms with E-state index in [1.54, 1.807) is 10.9 Å². The van der Waals surface area contributed by atoms with Crippen LogP contribution in [0.3, 0.4) is 0 Å². The van der Waals surface area contributed by atoms with E-state index < -0.39 is 0 Å². The van der Waals surface area contributed by atoms with Crippen LogP contribution in [0.5, 0.6) is 0 Å². The van der Waals surface area contributed by atoms with Gasteiger partial charge in [0.25, 0.3) is 5.91 Å². The minimum absolute atomic E-state index is 0.0848. The summed E-state index contributed by atoms with van der Waals surface area (Å²) in [6, 6.07) is 0. The van der Waals surface area contributed by atoms with Gasteiger partial charge >= 0.3 is 0 Å². The molecule has 2 rings (SSSR count). The van der Waals surface area contributed by atoms with Crippen LogP contribution in [-0.2, 0) is 7.05 Å². The summed E-state index contributed by atoms with van der Waals surface area (Å²) in [6.45, 7) is 4.17. The topological polar surface area (TPSA) is 64.2 Å². The van der Waals surface area contributed by atoms with Crippen molar-refractivity contribution in [1.29, 1.82) is 0 Å². The van der Waals surface area contributed by atoms with Crippen LogP contribution in [0.25, 0.3) is 0 Å². The zero-order chi connectivity index (χ0) is 11.7. The Balaban J connectivity index is 2.12. The Bertz CT molecular complexity index is 399. The number of carbonyl (C=O) groups excluding carboxylic acids is 1. The molecule has 1 aliphatic rings. The highest BCUT2D eigenvalue weighted by Crippen LogP contribution is 2.18. The molecule has 0 spiro atoms. The van der Waals surface area contributed by atoms with E-state index >= 15 is 0 Å². The lowest BCUT2D eigenvalue weighted by Gasteiger charge is -2.15. The van der Waals surface area contributed by atoms with Crippen molar-refractivity contribution in [2.45, 2.75) is 13.3 Å². The van der Waals surface area contributed by atoms with E-state index in [4.69, 9.17) is 5.73 Å². The summed E-state index contributed by atoms with van der Waals surface area (Å²) < 4.78 is 1.73. The average molecular weight is 222 g/mol. The fraction of sp³-hybridized carbons (Fsp3) is 0.636. The van der Waals surface area contributed by atoms with Gasteiger partial charge in [0.15, 0.2) is 0 Å². The first-order valence-electron chi connectivity index (χ1n) is 5.61. The average Bonchev–Trinajstić information content (AvgIpc) is 2.87. The monoisotopic (exact) mass is 222 g/mol. The molecular formula is C11H18N4O. The van der Waals surface area contributed by atoms with E-state index in [0.29, 0.717) is 18.0 Å². The molecule has 1 fully saturated rings. The first-order valence-corrected chi connectivity index (χ1v) is 5.61. The maximum atomic E-state index is 12.2. The molecule has 0 aromatic carbocycles. The summed E-state index contributed by atoms with van der Waals surface area (Å²) in [5.74, 6) is 0.544. The van der Waals surface area contributed by atoms with Gasteiger partial charge in [0.2, 0.25) is 0 Å². The zero-order valence-electron chi connectivity index (χ0n) is 9.81. The van der Waals surface area contributed by atoms with Gasteiger partial charge in [-0.05, 0) is 25.8 Å². The molecule has 0 bridgehead atoms. The van der Waals surface area contributed by atoms with Crippen molar-refractivity contribution in [3.8, 4) is 0 Å². The van der Waals surface area contributed by atoms with Crippen LogP contribution < -0.4 is 5.73 Å². The van der Waals surface area contributed by atoms with Crippen LogP contribution in [0.1, 0.15) is 22.5 Å². The third-order valence-corrected chi connectivity index (χ3v) is 3.37. The Labute approximate surface area is 95.2 Å². The van der Waals surface area contributed by atoms with Crippen LogP contribution in [0.15, 0.2) is 6.20 Å². The van der Waals surface area contributed by atoms with Crippen molar-refractivity contribution in [3.05, 3.63) is 17.5 Å². The van der Waals surface area contributed by atoms with Crippen molar-refractivity contribution < 1.29 is 4.79 Å². The molecule has 1 saturated heterocycles. The standard InChI is InChI=1S/C11H18N4O/c1-8-10(6-13-14(8)2)11(16)15-4-3-9(5-12)7-15/h6,9H,3-5,7,12H2,1-2H3. The highest BCUT2D eigenvalue weighted by atomic mass is 16.2. The van der Waals surface area contributed by atoms with Crippen LogP contribution in [0, 0.1) is 12.8 Å². The number of amides is 1. The predicted octanol–water partition coefficient (Wildman–Crippen LogP) is 0.149. The molecule has 2 heterocycles. The van der Waals surface area contributed by atoms with Gasteiger partial charge < -0.3 is 10.6 Å². The SMILES string of the molecule is Cc1c(C(=O)N2CCC(CN)C2)cnn1C. The summed E-state index contributed by atoms with van der Waals surface area (Å²) in [5, 5.41) is 4.09. The van der Waals surface area contributed by atoms with E-state index in [-0.39, 0.29) is 5.91 Å². The molecule has 16 heavy (non-hydrogen) atoms. The lowest BCUT2D eigenvalue weighted by Crippen LogP contribution is -2.30. The summed E-state index contributed by atoms with van der Waals surface area (Å²) in [7, 11) is 1.85. The number of rotatable bonds is 2. The predicted molar refractivity (Wildman–Crippen MR) is 61.0 cm³/mol. The number of hydrogen-bond donors (Lipinski definition) is 1. The van der Waals surface area contributed by atoms with Gasteiger partial charge in [0.05, 0.1) is 11.8 Å². The third-order valence-electron chi connectivity index (χ3n) is 3.37. The Morgan fingerprint density at radius 3 is 2.94 bits per heavy atom. The number of aromatic nitrogens is 2. The Morgan fingerprint density at radius 2 is 2.44 bits per heavy atom. The molecule has 0 saturated carbocycles. The first kappa shape index (κ1) is 11.1. The van der Waals surface area contributed by atoms with Crippen LogP contribution in [0.2, 0.25) is 0 Å². The Hall–Kier alpha value is -1.36. The smallest absolute Gasteiger partial charge is 0.257 e. The van der Waals surface area contributed by atoms with Crippen molar-refractivity contribution in [1.82, 2.24) is 14.7 Å². The number of aryl methyl sites for hydroxylation is 1. The second kappa shape index (κ2) is 4.25. The van der Waals surface area contributed by atoms with Crippen molar-refractivity contribution in [2.24, 2.45) is 18.7 Å². The van der Waals surface area contributed by atoms with E-state index in [1.807, 2.05) is 18.9 Å². The second-order valence-electron chi connectivity index (χ2n) is 4.41. The molecule has 2 N–H and O–H groups in total. The minimum Gasteiger partial charge on any atom is -0.338 e. The molecule has 1 amide bonds. The van der Waals surface area contributed by atoms with Gasteiger partial charge in [-0.3, -0.25) is 9.48 Å². The number of nitrogens with two attached hydrogens (primary N) is 1. The van der Waals surface area contributed by atoms with Gasteiger partial charge in [0, 0.05) is 25.8 Å². The molecule has 1 aromatic heterocycles. The van der Waals surface area contributed by atoms with Crippen molar-refractivity contribution >= 4 is 5.91 Å². The summed E-state index contributed by atoms with van der Waals surface area (Å²) in [4.78, 5) is 14.1. The van der Waals surface area contributed by atoms with Gasteiger partial charge in [-0.15, -0.1) is 0 Å². The number of nitrogens with zero attached hydrogens (tertiary/aromatic N) is 3. The molecular weight excluding hydrogens is 204 g/mol. The quantitative estimate of drug-likeness (QED) is 0.774. The lowest BCUT2D eigenvalue weighted by atomic mass is 10.1. The summed E-state index contributed by atoms with van der Waals surface area (Å²) >= 11 is 0. The highest BCUT2D eigenvalue weighted by Gasteiger charge is 2.27. The highest BCUT2D eigenvalue weighted by molar-refractivity contribution is 5.95.